The molecule has 0 N–H and O–H groups in total. The van der Waals surface area contributed by atoms with Crippen LogP contribution in [0, 0.1) is 0 Å². The highest BCUT2D eigenvalue weighted by molar-refractivity contribution is 5.87. The predicted octanol–water partition coefficient (Wildman–Crippen LogP) is 2.13. The first kappa shape index (κ1) is 9.25. The Morgan fingerprint density at radius 2 is 2.54 bits per heavy atom. The van der Waals surface area contributed by atoms with Gasteiger partial charge in [0.25, 0.3) is 0 Å². The summed E-state index contributed by atoms with van der Waals surface area (Å²) >= 11 is 0. The SMILES string of the molecule is COC(=O)N=C/C=C/c1ccco1. The van der Waals surface area contributed by atoms with Gasteiger partial charge in [0.15, 0.2) is 0 Å². The van der Waals surface area contributed by atoms with Crippen LogP contribution in [0.3, 0.4) is 0 Å². The molecule has 4 nitrogen and oxygen atoms in total. The topological polar surface area (TPSA) is 51.8 Å². The number of hydrogen-bond acceptors (Lipinski definition) is 3. The lowest BCUT2D eigenvalue weighted by atomic mass is 10.4. The molecule has 0 fully saturated rings. The minimum Gasteiger partial charge on any atom is -0.465 e. The fourth-order valence-corrected chi connectivity index (χ4v) is 0.681. The smallest absolute Gasteiger partial charge is 0.433 e. The van der Waals surface area contributed by atoms with E-state index in [2.05, 4.69) is 9.73 Å². The summed E-state index contributed by atoms with van der Waals surface area (Å²) < 4.78 is 9.30. The van der Waals surface area contributed by atoms with Crippen molar-refractivity contribution < 1.29 is 13.9 Å². The number of methoxy groups -OCH3 is 1. The van der Waals surface area contributed by atoms with Gasteiger partial charge in [0.2, 0.25) is 0 Å². The molecule has 0 radical (unpaired) electrons. The Labute approximate surface area is 75.5 Å². The first-order valence-electron chi connectivity index (χ1n) is 3.65. The molecule has 0 saturated carbocycles. The fraction of sp³-hybridized carbons (Fsp3) is 0.111. The van der Waals surface area contributed by atoms with E-state index < -0.39 is 6.09 Å². The molecule has 0 aromatic carbocycles. The van der Waals surface area contributed by atoms with E-state index in [9.17, 15) is 4.79 Å². The van der Waals surface area contributed by atoms with Gasteiger partial charge in [0.1, 0.15) is 5.76 Å². The summed E-state index contributed by atoms with van der Waals surface area (Å²) in [5, 5.41) is 0. The number of carbonyl (C=O) groups excluding carboxylic acids is 1. The van der Waals surface area contributed by atoms with Gasteiger partial charge >= 0.3 is 6.09 Å². The Kier molecular flexibility index (Phi) is 3.50. The number of nitrogens with zero attached hydrogens (tertiary/aromatic N) is 1. The molecule has 68 valence electrons. The Morgan fingerprint density at radius 3 is 3.15 bits per heavy atom. The van der Waals surface area contributed by atoms with Crippen LogP contribution >= 0.6 is 0 Å². The molecule has 0 saturated heterocycles. The van der Waals surface area contributed by atoms with Crippen LogP contribution in [0.15, 0.2) is 33.9 Å². The van der Waals surface area contributed by atoms with E-state index in [1.807, 2.05) is 0 Å². The highest BCUT2D eigenvalue weighted by Crippen LogP contribution is 2.00. The lowest BCUT2D eigenvalue weighted by Gasteiger charge is -1.85. The van der Waals surface area contributed by atoms with Crippen molar-refractivity contribution in [1.29, 1.82) is 0 Å². The molecule has 0 unspecified atom stereocenters. The third-order valence-electron chi connectivity index (χ3n) is 1.24. The second-order valence-electron chi connectivity index (χ2n) is 2.12. The van der Waals surface area contributed by atoms with E-state index in [0.29, 0.717) is 5.76 Å². The molecule has 1 aromatic rings. The van der Waals surface area contributed by atoms with Gasteiger partial charge in [-0.3, -0.25) is 0 Å². The van der Waals surface area contributed by atoms with Crippen molar-refractivity contribution in [3.8, 4) is 0 Å². The van der Waals surface area contributed by atoms with Crippen molar-refractivity contribution in [1.82, 2.24) is 0 Å². The van der Waals surface area contributed by atoms with Crippen molar-refractivity contribution in [3.05, 3.63) is 30.2 Å². The minimum atomic E-state index is -0.621. The number of aliphatic imine (C=N–C) groups is 1. The molecular formula is C9H9NO3. The predicted molar refractivity (Wildman–Crippen MR) is 48.6 cm³/mol. The Morgan fingerprint density at radius 1 is 1.69 bits per heavy atom. The van der Waals surface area contributed by atoms with Crippen LogP contribution in [-0.4, -0.2) is 19.4 Å². The van der Waals surface area contributed by atoms with E-state index in [1.165, 1.54) is 13.3 Å². The van der Waals surface area contributed by atoms with Crippen molar-refractivity contribution in [2.24, 2.45) is 4.99 Å². The Hall–Kier alpha value is -1.84. The van der Waals surface area contributed by atoms with E-state index >= 15 is 0 Å². The summed E-state index contributed by atoms with van der Waals surface area (Å²) in [7, 11) is 1.27. The standard InChI is InChI=1S/C9H9NO3/c1-12-9(11)10-6-2-4-8-5-3-7-13-8/h2-7H,1H3/b4-2+,10-6?. The van der Waals surface area contributed by atoms with E-state index in [0.717, 1.165) is 0 Å². The number of allylic oxidation sites excluding steroid dienone is 1. The van der Waals surface area contributed by atoms with Crippen molar-refractivity contribution in [2.75, 3.05) is 7.11 Å². The Balaban J connectivity index is 2.42. The van der Waals surface area contributed by atoms with E-state index in [1.54, 1.807) is 30.5 Å². The summed E-state index contributed by atoms with van der Waals surface area (Å²) in [4.78, 5) is 13.9. The summed E-state index contributed by atoms with van der Waals surface area (Å²) in [6, 6.07) is 3.57. The number of rotatable bonds is 2. The van der Waals surface area contributed by atoms with Gasteiger partial charge in [-0.1, -0.05) is 0 Å². The lowest BCUT2D eigenvalue weighted by molar-refractivity contribution is 0.183. The zero-order chi connectivity index (χ0) is 9.52. The van der Waals surface area contributed by atoms with Gasteiger partial charge in [-0.05, 0) is 24.3 Å². The van der Waals surface area contributed by atoms with Crippen LogP contribution in [0.2, 0.25) is 0 Å². The average Bonchev–Trinajstić information content (AvgIpc) is 2.64. The van der Waals surface area contributed by atoms with Crippen LogP contribution in [0.4, 0.5) is 4.79 Å². The molecule has 0 aliphatic carbocycles. The van der Waals surface area contributed by atoms with E-state index in [-0.39, 0.29) is 0 Å². The van der Waals surface area contributed by atoms with Gasteiger partial charge in [-0.25, -0.2) is 4.79 Å². The largest absolute Gasteiger partial charge is 0.465 e. The normalized spacial score (nSPS) is 11.2. The molecular weight excluding hydrogens is 170 g/mol. The first-order valence-corrected chi connectivity index (χ1v) is 3.65. The minimum absolute atomic E-state index is 0.621. The van der Waals surface area contributed by atoms with Crippen LogP contribution in [-0.2, 0) is 4.74 Å². The quantitative estimate of drug-likeness (QED) is 0.653. The maximum Gasteiger partial charge on any atom is 0.433 e. The lowest BCUT2D eigenvalue weighted by Crippen LogP contribution is -1.91. The fourth-order valence-electron chi connectivity index (χ4n) is 0.681. The molecule has 1 heterocycles. The van der Waals surface area contributed by atoms with Gasteiger partial charge in [-0.15, -0.1) is 0 Å². The second kappa shape index (κ2) is 4.92. The average molecular weight is 179 g/mol. The monoisotopic (exact) mass is 179 g/mol. The van der Waals surface area contributed by atoms with Gasteiger partial charge in [-0.2, -0.15) is 4.99 Å². The van der Waals surface area contributed by atoms with Crippen molar-refractivity contribution in [2.45, 2.75) is 0 Å². The van der Waals surface area contributed by atoms with Gasteiger partial charge < -0.3 is 9.15 Å². The molecule has 0 aliphatic heterocycles. The Bertz CT molecular complexity index is 312. The molecule has 1 aromatic heterocycles. The van der Waals surface area contributed by atoms with Crippen LogP contribution in [0.25, 0.3) is 6.08 Å². The summed E-state index contributed by atoms with van der Waals surface area (Å²) in [5.41, 5.74) is 0. The summed E-state index contributed by atoms with van der Waals surface area (Å²) in [6.45, 7) is 0. The van der Waals surface area contributed by atoms with Crippen molar-refractivity contribution >= 4 is 18.4 Å². The number of amides is 1. The zero-order valence-corrected chi connectivity index (χ0v) is 7.14. The van der Waals surface area contributed by atoms with Gasteiger partial charge in [0, 0.05) is 6.21 Å². The maximum absolute atomic E-state index is 10.5. The number of hydrogen-bond donors (Lipinski definition) is 0. The third-order valence-corrected chi connectivity index (χ3v) is 1.24. The number of furan rings is 1. The van der Waals surface area contributed by atoms with Crippen LogP contribution in [0.1, 0.15) is 5.76 Å². The molecule has 0 spiro atoms. The summed E-state index contributed by atoms with van der Waals surface area (Å²) in [6.07, 6.45) is 5.57. The molecule has 0 atom stereocenters. The molecule has 0 bridgehead atoms. The maximum atomic E-state index is 10.5. The summed E-state index contributed by atoms with van der Waals surface area (Å²) in [5.74, 6) is 0.705. The highest BCUT2D eigenvalue weighted by atomic mass is 16.5. The van der Waals surface area contributed by atoms with Crippen molar-refractivity contribution in [3.63, 3.8) is 0 Å². The molecule has 13 heavy (non-hydrogen) atoms. The number of ether oxygens (including phenoxy) is 1. The van der Waals surface area contributed by atoms with Crippen LogP contribution < -0.4 is 0 Å². The highest BCUT2D eigenvalue weighted by Gasteiger charge is 1.88. The third kappa shape index (κ3) is 3.37. The molecule has 0 aliphatic rings. The first-order chi connectivity index (χ1) is 6.33. The zero-order valence-electron chi connectivity index (χ0n) is 7.14. The van der Waals surface area contributed by atoms with Crippen LogP contribution in [0.5, 0.6) is 0 Å². The second-order valence-corrected chi connectivity index (χ2v) is 2.12. The molecule has 4 heteroatoms. The molecule has 1 amide bonds. The number of carbonyl (C=O) groups is 1. The van der Waals surface area contributed by atoms with E-state index in [4.69, 9.17) is 4.42 Å². The van der Waals surface area contributed by atoms with Gasteiger partial charge in [0.05, 0.1) is 13.4 Å². The molecule has 1 rings (SSSR count).